The summed E-state index contributed by atoms with van der Waals surface area (Å²) >= 11 is 0. The number of nitro groups is 1. The molecule has 3 N–H and O–H groups in total. The summed E-state index contributed by atoms with van der Waals surface area (Å²) in [6.45, 7) is 7.69. The van der Waals surface area contributed by atoms with Gasteiger partial charge in [0.1, 0.15) is 0 Å². The molecule has 8 nitrogen and oxygen atoms in total. The molecule has 1 fully saturated rings. The predicted octanol–water partition coefficient (Wildman–Crippen LogP) is 2.41. The minimum absolute atomic E-state index is 0.0842. The Hall–Kier alpha value is -2.12. The minimum Gasteiger partial charge on any atom is -0.378 e. The molecule has 0 amide bonds. The van der Waals surface area contributed by atoms with Crippen molar-refractivity contribution >= 4 is 23.3 Å². The molecule has 8 heteroatoms. The van der Waals surface area contributed by atoms with E-state index < -0.39 is 4.92 Å². The Morgan fingerprint density at radius 1 is 1.55 bits per heavy atom. The van der Waals surface area contributed by atoms with Crippen molar-refractivity contribution in [2.45, 2.75) is 46.1 Å². The van der Waals surface area contributed by atoms with Crippen molar-refractivity contribution in [2.75, 3.05) is 29.0 Å². The van der Waals surface area contributed by atoms with Gasteiger partial charge in [-0.25, -0.2) is 0 Å². The summed E-state index contributed by atoms with van der Waals surface area (Å²) in [6, 6.07) is 0.175. The van der Waals surface area contributed by atoms with E-state index in [1.165, 1.54) is 0 Å². The minimum atomic E-state index is -0.489. The highest BCUT2D eigenvalue weighted by Crippen LogP contribution is 2.34. The van der Waals surface area contributed by atoms with Gasteiger partial charge in [0, 0.05) is 19.1 Å². The Morgan fingerprint density at radius 2 is 2.27 bits per heavy atom. The van der Waals surface area contributed by atoms with Crippen LogP contribution < -0.4 is 16.0 Å². The second kappa shape index (κ2) is 6.76. The van der Waals surface area contributed by atoms with Gasteiger partial charge in [-0.1, -0.05) is 13.8 Å². The topological polar surface area (TPSA) is 110 Å². The molecule has 2 rings (SSSR count). The number of rotatable bonds is 5. The molecule has 0 bridgehead atoms. The molecule has 122 valence electrons. The normalized spacial score (nSPS) is 19.8. The maximum absolute atomic E-state index is 11.4. The van der Waals surface area contributed by atoms with E-state index in [1.54, 1.807) is 0 Å². The summed E-state index contributed by atoms with van der Waals surface area (Å²) < 4.78 is 0. The highest BCUT2D eigenvalue weighted by atomic mass is 16.6. The summed E-state index contributed by atoms with van der Waals surface area (Å²) in [4.78, 5) is 21.2. The molecule has 0 aliphatic carbocycles. The fourth-order valence-corrected chi connectivity index (χ4v) is 2.62. The van der Waals surface area contributed by atoms with E-state index in [0.29, 0.717) is 17.7 Å². The number of hydrogen-bond donors (Lipinski definition) is 2. The van der Waals surface area contributed by atoms with Gasteiger partial charge in [-0.15, -0.1) is 0 Å². The lowest BCUT2D eigenvalue weighted by Crippen LogP contribution is -2.35. The van der Waals surface area contributed by atoms with Gasteiger partial charge in [0.15, 0.2) is 0 Å². The first-order valence-electron chi connectivity index (χ1n) is 7.75. The van der Waals surface area contributed by atoms with Crippen LogP contribution in [0.25, 0.3) is 0 Å². The van der Waals surface area contributed by atoms with Gasteiger partial charge in [-0.3, -0.25) is 10.1 Å². The molecule has 1 aliphatic rings. The molecule has 1 aliphatic heterocycles. The number of anilines is 3. The smallest absolute Gasteiger partial charge is 0.353 e. The second-order valence-corrected chi connectivity index (χ2v) is 6.01. The molecule has 1 aromatic heterocycles. The Bertz CT molecular complexity index is 550. The van der Waals surface area contributed by atoms with Crippen LogP contribution in [0.4, 0.5) is 23.3 Å². The number of aromatic nitrogens is 2. The van der Waals surface area contributed by atoms with E-state index in [0.717, 1.165) is 32.4 Å². The molecule has 0 saturated carbocycles. The monoisotopic (exact) mass is 308 g/mol. The number of nitrogens with zero attached hydrogens (tertiary/aromatic N) is 4. The Labute approximate surface area is 130 Å². The molecular formula is C14H24N6O2. The number of nitrogens with two attached hydrogens (primary N) is 1. The zero-order valence-corrected chi connectivity index (χ0v) is 13.4. The van der Waals surface area contributed by atoms with Crippen molar-refractivity contribution in [3.05, 3.63) is 10.1 Å². The molecule has 2 heterocycles. The fraction of sp³-hybridized carbons (Fsp3) is 0.714. The molecule has 2 unspecified atom stereocenters. The first-order chi connectivity index (χ1) is 10.4. The van der Waals surface area contributed by atoms with Crippen LogP contribution in [0, 0.1) is 16.0 Å². The molecule has 2 atom stereocenters. The lowest BCUT2D eigenvalue weighted by Gasteiger charge is -2.31. The first-order valence-corrected chi connectivity index (χ1v) is 7.75. The van der Waals surface area contributed by atoms with Gasteiger partial charge in [0.2, 0.25) is 17.6 Å². The predicted molar refractivity (Wildman–Crippen MR) is 87.1 cm³/mol. The van der Waals surface area contributed by atoms with Crippen LogP contribution in [0.2, 0.25) is 0 Å². The van der Waals surface area contributed by atoms with E-state index in [4.69, 9.17) is 5.73 Å². The molecule has 0 spiro atoms. The maximum Gasteiger partial charge on any atom is 0.353 e. The summed E-state index contributed by atoms with van der Waals surface area (Å²) in [5, 5.41) is 14.5. The van der Waals surface area contributed by atoms with Crippen LogP contribution in [0.15, 0.2) is 0 Å². The van der Waals surface area contributed by atoms with Crippen molar-refractivity contribution < 1.29 is 4.92 Å². The third-order valence-electron chi connectivity index (χ3n) is 4.02. The van der Waals surface area contributed by atoms with E-state index in [-0.39, 0.29) is 17.5 Å². The van der Waals surface area contributed by atoms with Crippen LogP contribution in [0.5, 0.6) is 0 Å². The first kappa shape index (κ1) is 16.3. The van der Waals surface area contributed by atoms with Gasteiger partial charge in [-0.05, 0) is 32.1 Å². The van der Waals surface area contributed by atoms with Crippen molar-refractivity contribution in [2.24, 2.45) is 5.92 Å². The van der Waals surface area contributed by atoms with Crippen molar-refractivity contribution in [1.82, 2.24) is 9.97 Å². The van der Waals surface area contributed by atoms with Crippen LogP contribution >= 0.6 is 0 Å². The highest BCUT2D eigenvalue weighted by molar-refractivity contribution is 5.71. The SMILES string of the molecule is CCC(C)Nc1nc(N)c([N+](=O)[O-])c(N2CCCC(C)C2)n1. The quantitative estimate of drug-likeness (QED) is 0.634. The lowest BCUT2D eigenvalue weighted by molar-refractivity contribution is -0.383. The average molecular weight is 308 g/mol. The largest absolute Gasteiger partial charge is 0.378 e. The van der Waals surface area contributed by atoms with E-state index in [2.05, 4.69) is 22.2 Å². The van der Waals surface area contributed by atoms with Gasteiger partial charge in [0.25, 0.3) is 0 Å². The van der Waals surface area contributed by atoms with Crippen molar-refractivity contribution in [3.63, 3.8) is 0 Å². The highest BCUT2D eigenvalue weighted by Gasteiger charge is 2.29. The zero-order valence-electron chi connectivity index (χ0n) is 13.4. The number of hydrogen-bond acceptors (Lipinski definition) is 7. The summed E-state index contributed by atoms with van der Waals surface area (Å²) in [6.07, 6.45) is 3.02. The van der Waals surface area contributed by atoms with Gasteiger partial charge in [-0.2, -0.15) is 9.97 Å². The van der Waals surface area contributed by atoms with E-state index >= 15 is 0 Å². The summed E-state index contributed by atoms with van der Waals surface area (Å²) in [5.74, 6) is 1.08. The van der Waals surface area contributed by atoms with Crippen LogP contribution in [0.3, 0.4) is 0 Å². The number of nitrogen functional groups attached to an aromatic ring is 1. The second-order valence-electron chi connectivity index (χ2n) is 6.01. The van der Waals surface area contributed by atoms with Crippen molar-refractivity contribution in [3.8, 4) is 0 Å². The molecule has 0 radical (unpaired) electrons. The molecule has 1 saturated heterocycles. The molecule has 22 heavy (non-hydrogen) atoms. The zero-order chi connectivity index (χ0) is 16.3. The maximum atomic E-state index is 11.4. The third kappa shape index (κ3) is 3.55. The number of piperidine rings is 1. The van der Waals surface area contributed by atoms with Crippen LogP contribution in [0.1, 0.15) is 40.0 Å². The third-order valence-corrected chi connectivity index (χ3v) is 4.02. The Balaban J connectivity index is 2.40. The summed E-state index contributed by atoms with van der Waals surface area (Å²) in [7, 11) is 0. The van der Waals surface area contributed by atoms with Crippen molar-refractivity contribution in [1.29, 1.82) is 0 Å². The lowest BCUT2D eigenvalue weighted by atomic mass is 10.0. The number of nitrogens with one attached hydrogen (secondary N) is 1. The molecular weight excluding hydrogens is 284 g/mol. The standard InChI is InChI=1S/C14H24N6O2/c1-4-10(3)16-14-17-12(15)11(20(21)22)13(18-14)19-7-5-6-9(2)8-19/h9-10H,4-8H2,1-3H3,(H3,15,16,17,18). The van der Waals surface area contributed by atoms with E-state index in [1.807, 2.05) is 18.7 Å². The summed E-state index contributed by atoms with van der Waals surface area (Å²) in [5.41, 5.74) is 5.63. The Morgan fingerprint density at radius 3 is 2.86 bits per heavy atom. The van der Waals surface area contributed by atoms with Crippen LogP contribution in [-0.4, -0.2) is 34.0 Å². The molecule has 1 aromatic rings. The average Bonchev–Trinajstić information content (AvgIpc) is 2.46. The van der Waals surface area contributed by atoms with E-state index in [9.17, 15) is 10.1 Å². The van der Waals surface area contributed by atoms with Gasteiger partial charge in [0.05, 0.1) is 4.92 Å². The molecule has 0 aromatic carbocycles. The Kier molecular flexibility index (Phi) is 4.99. The van der Waals surface area contributed by atoms with Gasteiger partial charge < -0.3 is 16.0 Å². The van der Waals surface area contributed by atoms with Gasteiger partial charge >= 0.3 is 5.69 Å². The van der Waals surface area contributed by atoms with Crippen LogP contribution in [-0.2, 0) is 0 Å². The fourth-order valence-electron chi connectivity index (χ4n) is 2.62.